The maximum atomic E-state index is 13.5. The van der Waals surface area contributed by atoms with Gasteiger partial charge in [0.25, 0.3) is 5.91 Å². The number of hydrogen-bond acceptors (Lipinski definition) is 5. The van der Waals surface area contributed by atoms with Crippen molar-refractivity contribution in [3.05, 3.63) is 52.4 Å². The van der Waals surface area contributed by atoms with Crippen molar-refractivity contribution in [1.82, 2.24) is 4.90 Å². The Morgan fingerprint density at radius 2 is 1.94 bits per heavy atom. The summed E-state index contributed by atoms with van der Waals surface area (Å²) in [6.07, 6.45) is -1.57. The average molecular weight is 487 g/mol. The highest BCUT2D eigenvalue weighted by atomic mass is 32.2. The number of thioether (sulfide) groups is 1. The molecule has 5 nitrogen and oxygen atoms in total. The number of furan rings is 1. The van der Waals surface area contributed by atoms with Crippen LogP contribution in [0.4, 0.5) is 17.6 Å². The molecule has 3 rings (SSSR count). The molecular formula is C21H17F4NO4S2. The lowest BCUT2D eigenvalue weighted by atomic mass is 10.1. The Balaban J connectivity index is 1.69. The topological polar surface area (TPSA) is 70.8 Å². The van der Waals surface area contributed by atoms with Crippen LogP contribution >= 0.6 is 24.0 Å². The Hall–Kier alpha value is -2.66. The van der Waals surface area contributed by atoms with Crippen LogP contribution < -0.4 is 0 Å². The fourth-order valence-corrected chi connectivity index (χ4v) is 4.31. The number of carbonyl (C=O) groups is 2. The molecule has 1 saturated heterocycles. The predicted molar refractivity (Wildman–Crippen MR) is 115 cm³/mol. The van der Waals surface area contributed by atoms with Gasteiger partial charge in [-0.15, -0.1) is 0 Å². The highest BCUT2D eigenvalue weighted by Gasteiger charge is 2.35. The number of unbranched alkanes of at least 4 members (excludes halogenated alkanes) is 2. The Bertz CT molecular complexity index is 1080. The molecule has 1 amide bonds. The van der Waals surface area contributed by atoms with Crippen LogP contribution in [0.25, 0.3) is 17.4 Å². The van der Waals surface area contributed by atoms with Crippen molar-refractivity contribution in [2.45, 2.75) is 31.9 Å². The Morgan fingerprint density at radius 1 is 1.19 bits per heavy atom. The fraction of sp³-hybridized carbons (Fsp3) is 0.286. The highest BCUT2D eigenvalue weighted by Crippen LogP contribution is 2.36. The lowest BCUT2D eigenvalue weighted by molar-refractivity contribution is -0.140. The third kappa shape index (κ3) is 5.77. The first kappa shape index (κ1) is 24.0. The molecule has 1 aromatic carbocycles. The summed E-state index contributed by atoms with van der Waals surface area (Å²) in [6.45, 7) is 0.362. The summed E-state index contributed by atoms with van der Waals surface area (Å²) in [6, 6.07) is 5.49. The van der Waals surface area contributed by atoms with Gasteiger partial charge in [-0.05, 0) is 43.2 Å². The molecule has 1 aromatic heterocycles. The number of carbonyl (C=O) groups excluding carboxylic acids is 1. The van der Waals surface area contributed by atoms with Gasteiger partial charge in [-0.1, -0.05) is 30.4 Å². The molecule has 32 heavy (non-hydrogen) atoms. The number of aliphatic carboxylic acids is 1. The van der Waals surface area contributed by atoms with Gasteiger partial charge in [-0.25, -0.2) is 4.39 Å². The van der Waals surface area contributed by atoms with Crippen molar-refractivity contribution >= 4 is 46.3 Å². The van der Waals surface area contributed by atoms with Crippen molar-refractivity contribution in [3.8, 4) is 11.3 Å². The van der Waals surface area contributed by atoms with Gasteiger partial charge in [-0.2, -0.15) is 13.2 Å². The number of alkyl halides is 3. The molecule has 2 heterocycles. The highest BCUT2D eigenvalue weighted by molar-refractivity contribution is 8.26. The van der Waals surface area contributed by atoms with Gasteiger partial charge in [-0.3, -0.25) is 14.5 Å². The second-order valence-electron chi connectivity index (χ2n) is 6.93. The molecule has 1 fully saturated rings. The minimum Gasteiger partial charge on any atom is -0.481 e. The molecule has 2 aromatic rings. The molecule has 11 heteroatoms. The van der Waals surface area contributed by atoms with Crippen LogP contribution in [-0.4, -0.2) is 32.7 Å². The van der Waals surface area contributed by atoms with Crippen LogP contribution in [0.15, 0.2) is 39.7 Å². The number of benzene rings is 1. The molecule has 0 unspecified atom stereocenters. The first-order valence-corrected chi connectivity index (χ1v) is 10.7. The Labute approximate surface area is 190 Å². The van der Waals surface area contributed by atoms with E-state index in [-0.39, 0.29) is 29.4 Å². The van der Waals surface area contributed by atoms with Gasteiger partial charge in [0.05, 0.1) is 10.5 Å². The number of thiocarbonyl (C=S) groups is 1. The summed E-state index contributed by atoms with van der Waals surface area (Å²) in [7, 11) is 0. The van der Waals surface area contributed by atoms with E-state index in [4.69, 9.17) is 21.7 Å². The number of hydrogen-bond donors (Lipinski definition) is 1. The van der Waals surface area contributed by atoms with Gasteiger partial charge in [0, 0.05) is 24.6 Å². The monoisotopic (exact) mass is 487 g/mol. The zero-order valence-corrected chi connectivity index (χ0v) is 18.1. The van der Waals surface area contributed by atoms with Crippen LogP contribution in [0.2, 0.25) is 0 Å². The second-order valence-corrected chi connectivity index (χ2v) is 8.61. The van der Waals surface area contributed by atoms with Crippen LogP contribution in [0.5, 0.6) is 0 Å². The molecule has 0 atom stereocenters. The van der Waals surface area contributed by atoms with E-state index < -0.39 is 23.5 Å². The quantitative estimate of drug-likeness (QED) is 0.215. The van der Waals surface area contributed by atoms with Crippen LogP contribution in [0.3, 0.4) is 0 Å². The van der Waals surface area contributed by atoms with Crippen molar-refractivity contribution in [2.75, 3.05) is 6.54 Å². The summed E-state index contributed by atoms with van der Waals surface area (Å²) in [5, 5.41) is 8.65. The fourth-order valence-electron chi connectivity index (χ4n) is 3.03. The molecule has 0 aliphatic carbocycles. The third-order valence-corrected chi connectivity index (χ3v) is 5.98. The molecule has 0 saturated carbocycles. The number of carboxylic acid groups (broad SMARTS) is 1. The summed E-state index contributed by atoms with van der Waals surface area (Å²) in [5.41, 5.74) is -1.34. The minimum absolute atomic E-state index is 0.0484. The number of nitrogens with zero attached hydrogens (tertiary/aromatic N) is 1. The van der Waals surface area contributed by atoms with E-state index in [9.17, 15) is 27.2 Å². The Morgan fingerprint density at radius 3 is 2.62 bits per heavy atom. The van der Waals surface area contributed by atoms with Gasteiger partial charge >= 0.3 is 12.1 Å². The van der Waals surface area contributed by atoms with Gasteiger partial charge < -0.3 is 9.52 Å². The molecule has 170 valence electrons. The zero-order valence-electron chi connectivity index (χ0n) is 16.4. The predicted octanol–water partition coefficient (Wildman–Crippen LogP) is 5.95. The van der Waals surface area contributed by atoms with Crippen molar-refractivity contribution in [2.24, 2.45) is 0 Å². The number of rotatable bonds is 8. The van der Waals surface area contributed by atoms with E-state index in [2.05, 4.69) is 0 Å². The summed E-state index contributed by atoms with van der Waals surface area (Å²) in [4.78, 5) is 24.9. The molecule has 0 spiro atoms. The number of amides is 1. The Kier molecular flexibility index (Phi) is 7.40. The average Bonchev–Trinajstić information content (AvgIpc) is 3.27. The first-order chi connectivity index (χ1) is 15.1. The molecule has 0 bridgehead atoms. The summed E-state index contributed by atoms with van der Waals surface area (Å²) < 4.78 is 58.2. The second kappa shape index (κ2) is 9.86. The normalized spacial score (nSPS) is 15.8. The van der Waals surface area contributed by atoms with Crippen molar-refractivity contribution in [3.63, 3.8) is 0 Å². The molecule has 0 radical (unpaired) electrons. The van der Waals surface area contributed by atoms with E-state index in [1.807, 2.05) is 0 Å². The summed E-state index contributed by atoms with van der Waals surface area (Å²) in [5.74, 6) is -2.24. The van der Waals surface area contributed by atoms with E-state index in [0.717, 1.165) is 17.8 Å². The van der Waals surface area contributed by atoms with E-state index in [1.165, 1.54) is 29.2 Å². The van der Waals surface area contributed by atoms with Crippen LogP contribution in [0, 0.1) is 5.82 Å². The molecular weight excluding hydrogens is 470 g/mol. The molecule has 1 aliphatic rings. The number of halogens is 4. The van der Waals surface area contributed by atoms with Gasteiger partial charge in [0.2, 0.25) is 0 Å². The van der Waals surface area contributed by atoms with Crippen molar-refractivity contribution in [1.29, 1.82) is 0 Å². The SMILES string of the molecule is O=C(O)CCCCCN1C(=O)C(=Cc2ccc(-c3ccc(F)c(C(F)(F)F)c3)o2)SC1=S. The lowest BCUT2D eigenvalue weighted by Crippen LogP contribution is -2.29. The summed E-state index contributed by atoms with van der Waals surface area (Å²) >= 11 is 6.31. The molecule has 1 N–H and O–H groups in total. The van der Waals surface area contributed by atoms with Gasteiger partial charge in [0.15, 0.2) is 0 Å². The van der Waals surface area contributed by atoms with E-state index in [0.29, 0.717) is 41.1 Å². The van der Waals surface area contributed by atoms with E-state index >= 15 is 0 Å². The van der Waals surface area contributed by atoms with Crippen LogP contribution in [-0.2, 0) is 15.8 Å². The van der Waals surface area contributed by atoms with Gasteiger partial charge in [0.1, 0.15) is 21.7 Å². The largest absolute Gasteiger partial charge is 0.481 e. The zero-order chi connectivity index (χ0) is 23.5. The standard InChI is InChI=1S/C21H17F4NO4S2/c22-15-7-5-12(10-14(15)21(23,24)25)16-8-6-13(30-16)11-17-19(29)26(20(31)32-17)9-3-1-2-4-18(27)28/h5-8,10-11H,1-4,9H2,(H,27,28). The smallest absolute Gasteiger partial charge is 0.419 e. The number of carboxylic acids is 1. The van der Waals surface area contributed by atoms with E-state index in [1.54, 1.807) is 0 Å². The maximum Gasteiger partial charge on any atom is 0.419 e. The minimum atomic E-state index is -4.84. The van der Waals surface area contributed by atoms with Crippen LogP contribution in [0.1, 0.15) is 37.0 Å². The van der Waals surface area contributed by atoms with Crippen molar-refractivity contribution < 1.29 is 36.7 Å². The lowest BCUT2D eigenvalue weighted by Gasteiger charge is -2.13. The maximum absolute atomic E-state index is 13.5. The first-order valence-electron chi connectivity index (χ1n) is 9.50. The molecule has 1 aliphatic heterocycles. The third-order valence-electron chi connectivity index (χ3n) is 4.60.